The molecule has 3 nitrogen and oxygen atoms in total. The number of thioether (sulfide) groups is 1. The van der Waals surface area contributed by atoms with Gasteiger partial charge in [0.1, 0.15) is 0 Å². The van der Waals surface area contributed by atoms with Crippen molar-refractivity contribution in [1.82, 2.24) is 0 Å². The number of hydrogen-bond donors (Lipinski definition) is 0. The molecule has 0 bridgehead atoms. The number of aryl methyl sites for hydroxylation is 4. The molecule has 5 heteroatoms. The van der Waals surface area contributed by atoms with Gasteiger partial charge >= 0.3 is 0 Å². The highest BCUT2D eigenvalue weighted by atomic mass is 35.5. The van der Waals surface area contributed by atoms with Gasteiger partial charge in [0.2, 0.25) is 0 Å². The number of benzene rings is 3. The van der Waals surface area contributed by atoms with Gasteiger partial charge in [-0.25, -0.2) is 4.90 Å². The van der Waals surface area contributed by atoms with E-state index in [-0.39, 0.29) is 11.8 Å². The van der Waals surface area contributed by atoms with Gasteiger partial charge in [0.15, 0.2) is 0 Å². The van der Waals surface area contributed by atoms with Crippen molar-refractivity contribution in [3.8, 4) is 0 Å². The van der Waals surface area contributed by atoms with Crippen LogP contribution in [0.3, 0.4) is 0 Å². The Kier molecular flexibility index (Phi) is 5.78. The number of nitrogens with zero attached hydrogens (tertiary/aromatic N) is 1. The van der Waals surface area contributed by atoms with Crippen molar-refractivity contribution >= 4 is 46.4 Å². The summed E-state index contributed by atoms with van der Waals surface area (Å²) < 4.78 is 0. The topological polar surface area (TPSA) is 37.4 Å². The third-order valence-corrected chi connectivity index (χ3v) is 6.96. The van der Waals surface area contributed by atoms with E-state index < -0.39 is 0 Å². The molecule has 0 radical (unpaired) electrons. The number of halogens is 1. The Balaban J connectivity index is 1.84. The summed E-state index contributed by atoms with van der Waals surface area (Å²) in [5.41, 5.74) is 6.14. The number of amides is 2. The van der Waals surface area contributed by atoms with E-state index in [1.807, 2.05) is 76.2 Å². The second kappa shape index (κ2) is 8.37. The van der Waals surface area contributed by atoms with Crippen molar-refractivity contribution in [3.63, 3.8) is 0 Å². The van der Waals surface area contributed by atoms with Crippen molar-refractivity contribution in [2.75, 3.05) is 4.90 Å². The number of hydrogen-bond acceptors (Lipinski definition) is 3. The molecule has 3 aromatic carbocycles. The van der Waals surface area contributed by atoms with Gasteiger partial charge in [-0.2, -0.15) is 0 Å². The highest BCUT2D eigenvalue weighted by molar-refractivity contribution is 8.04. The van der Waals surface area contributed by atoms with Crippen molar-refractivity contribution < 1.29 is 9.59 Å². The van der Waals surface area contributed by atoms with Gasteiger partial charge in [-0.05, 0) is 91.9 Å². The van der Waals surface area contributed by atoms with Gasteiger partial charge < -0.3 is 0 Å². The largest absolute Gasteiger partial charge is 0.272 e. The Labute approximate surface area is 191 Å². The molecule has 31 heavy (non-hydrogen) atoms. The molecule has 0 N–H and O–H groups in total. The fourth-order valence-corrected chi connectivity index (χ4v) is 4.60. The van der Waals surface area contributed by atoms with Gasteiger partial charge in [-0.15, -0.1) is 0 Å². The van der Waals surface area contributed by atoms with E-state index in [0.29, 0.717) is 21.2 Å². The van der Waals surface area contributed by atoms with Crippen LogP contribution >= 0.6 is 23.4 Å². The first kappa shape index (κ1) is 21.4. The Bertz CT molecular complexity index is 1240. The average Bonchev–Trinajstić information content (AvgIpc) is 2.98. The molecule has 1 aliphatic rings. The second-order valence-electron chi connectivity index (χ2n) is 7.77. The van der Waals surface area contributed by atoms with Crippen LogP contribution in [0.2, 0.25) is 5.02 Å². The molecule has 3 aromatic rings. The van der Waals surface area contributed by atoms with Crippen molar-refractivity contribution in [1.29, 1.82) is 0 Å². The molecule has 0 spiro atoms. The van der Waals surface area contributed by atoms with Gasteiger partial charge in [-0.1, -0.05) is 47.6 Å². The van der Waals surface area contributed by atoms with E-state index in [1.165, 1.54) is 16.7 Å². The summed E-state index contributed by atoms with van der Waals surface area (Å²) in [6, 6.07) is 18.8. The van der Waals surface area contributed by atoms with E-state index >= 15 is 0 Å². The van der Waals surface area contributed by atoms with E-state index in [0.717, 1.165) is 32.7 Å². The maximum Gasteiger partial charge on any atom is 0.272 e. The first-order valence-corrected chi connectivity index (χ1v) is 11.2. The SMILES string of the molecule is Cc1ccc(C2=C(Sc3ccc(Cl)cc3)C(=O)N(c3ccc(C)c(C)c3)C2=O)cc1C. The van der Waals surface area contributed by atoms with Crippen LogP contribution in [0.15, 0.2) is 70.5 Å². The average molecular weight is 448 g/mol. The Morgan fingerprint density at radius 2 is 1.32 bits per heavy atom. The molecule has 4 rings (SSSR count). The van der Waals surface area contributed by atoms with E-state index in [2.05, 4.69) is 0 Å². The third-order valence-electron chi connectivity index (χ3n) is 5.62. The van der Waals surface area contributed by atoms with Gasteiger partial charge in [-0.3, -0.25) is 9.59 Å². The van der Waals surface area contributed by atoms with Crippen LogP contribution < -0.4 is 4.90 Å². The lowest BCUT2D eigenvalue weighted by Crippen LogP contribution is -2.31. The van der Waals surface area contributed by atoms with E-state index in [1.54, 1.807) is 12.1 Å². The van der Waals surface area contributed by atoms with Crippen LogP contribution in [0.1, 0.15) is 27.8 Å². The zero-order valence-corrected chi connectivity index (χ0v) is 19.4. The predicted molar refractivity (Wildman–Crippen MR) is 129 cm³/mol. The lowest BCUT2D eigenvalue weighted by atomic mass is 10.0. The molecule has 1 aliphatic heterocycles. The van der Waals surface area contributed by atoms with Crippen LogP contribution in [-0.2, 0) is 9.59 Å². The molecular weight excluding hydrogens is 426 g/mol. The summed E-state index contributed by atoms with van der Waals surface area (Å²) in [4.78, 5) is 29.7. The molecule has 0 aromatic heterocycles. The standard InChI is InChI=1S/C26H22ClNO2S/c1-15-5-7-19(13-17(15)3)23-24(31-22-11-8-20(27)9-12-22)26(30)28(25(23)29)21-10-6-16(2)18(4)14-21/h5-14H,1-4H3. The normalized spacial score (nSPS) is 14.0. The Hall–Kier alpha value is -2.82. The van der Waals surface area contributed by atoms with E-state index in [9.17, 15) is 9.59 Å². The number of rotatable bonds is 4. The number of anilines is 1. The second-order valence-corrected chi connectivity index (χ2v) is 9.29. The smallest absolute Gasteiger partial charge is 0.268 e. The number of carbonyl (C=O) groups excluding carboxylic acids is 2. The summed E-state index contributed by atoms with van der Waals surface area (Å²) in [6.45, 7) is 8.02. The van der Waals surface area contributed by atoms with Crippen LogP contribution in [0.25, 0.3) is 5.57 Å². The maximum absolute atomic E-state index is 13.6. The zero-order chi connectivity index (χ0) is 22.3. The molecule has 0 saturated carbocycles. The van der Waals surface area contributed by atoms with Crippen LogP contribution in [0.4, 0.5) is 5.69 Å². The zero-order valence-electron chi connectivity index (χ0n) is 17.8. The lowest BCUT2D eigenvalue weighted by Gasteiger charge is -2.16. The Morgan fingerprint density at radius 3 is 1.94 bits per heavy atom. The number of imide groups is 1. The molecule has 2 amide bonds. The molecular formula is C26H22ClNO2S. The van der Waals surface area contributed by atoms with Crippen molar-refractivity contribution in [2.45, 2.75) is 32.6 Å². The van der Waals surface area contributed by atoms with Crippen molar-refractivity contribution in [3.05, 3.63) is 98.4 Å². The molecule has 0 aliphatic carbocycles. The molecule has 0 unspecified atom stereocenters. The minimum absolute atomic E-state index is 0.298. The molecule has 0 fully saturated rings. The summed E-state index contributed by atoms with van der Waals surface area (Å²) in [5, 5.41) is 0.623. The molecule has 1 heterocycles. The minimum Gasteiger partial charge on any atom is -0.268 e. The monoisotopic (exact) mass is 447 g/mol. The van der Waals surface area contributed by atoms with E-state index in [4.69, 9.17) is 11.6 Å². The first-order chi connectivity index (χ1) is 14.8. The van der Waals surface area contributed by atoms with Gasteiger partial charge in [0.05, 0.1) is 16.2 Å². The predicted octanol–water partition coefficient (Wildman–Crippen LogP) is 6.65. The van der Waals surface area contributed by atoms with Gasteiger partial charge in [0, 0.05) is 9.92 Å². The summed E-state index contributed by atoms with van der Waals surface area (Å²) >= 11 is 7.32. The maximum atomic E-state index is 13.6. The number of carbonyl (C=O) groups is 2. The van der Waals surface area contributed by atoms with Crippen LogP contribution in [0.5, 0.6) is 0 Å². The summed E-state index contributed by atoms with van der Waals surface area (Å²) in [5.74, 6) is -0.602. The third kappa shape index (κ3) is 4.06. The fraction of sp³-hybridized carbons (Fsp3) is 0.154. The van der Waals surface area contributed by atoms with Crippen LogP contribution in [-0.4, -0.2) is 11.8 Å². The van der Waals surface area contributed by atoms with Crippen molar-refractivity contribution in [2.24, 2.45) is 0 Å². The highest BCUT2D eigenvalue weighted by Crippen LogP contribution is 2.42. The fourth-order valence-electron chi connectivity index (χ4n) is 3.48. The Morgan fingerprint density at radius 1 is 0.710 bits per heavy atom. The molecule has 0 atom stereocenters. The minimum atomic E-state index is -0.304. The first-order valence-electron chi connectivity index (χ1n) is 9.97. The highest BCUT2D eigenvalue weighted by Gasteiger charge is 2.40. The van der Waals surface area contributed by atoms with Crippen LogP contribution in [0, 0.1) is 27.7 Å². The molecule has 0 saturated heterocycles. The summed E-state index contributed by atoms with van der Waals surface area (Å²) in [7, 11) is 0. The summed E-state index contributed by atoms with van der Waals surface area (Å²) in [6.07, 6.45) is 0. The molecule has 156 valence electrons. The lowest BCUT2D eigenvalue weighted by molar-refractivity contribution is -0.119. The quantitative estimate of drug-likeness (QED) is 0.420. The van der Waals surface area contributed by atoms with Gasteiger partial charge in [0.25, 0.3) is 11.8 Å².